The number of rotatable bonds is 11. The zero-order chi connectivity index (χ0) is 20.2. The van der Waals surface area contributed by atoms with Crippen molar-refractivity contribution in [3.63, 3.8) is 0 Å². The molecule has 150 valence electrons. The fourth-order valence-electron chi connectivity index (χ4n) is 2.88. The Bertz CT molecular complexity index is 822. The molecule has 0 spiro atoms. The van der Waals surface area contributed by atoms with E-state index in [0.29, 0.717) is 18.8 Å². The molecule has 5 heteroatoms. The molecule has 1 N–H and O–H groups in total. The molecule has 1 heterocycles. The van der Waals surface area contributed by atoms with Gasteiger partial charge in [0.1, 0.15) is 11.4 Å². The van der Waals surface area contributed by atoms with E-state index < -0.39 is 0 Å². The van der Waals surface area contributed by atoms with Crippen molar-refractivity contribution in [3.8, 4) is 5.75 Å². The molecule has 0 fully saturated rings. The van der Waals surface area contributed by atoms with Gasteiger partial charge in [-0.05, 0) is 43.2 Å². The average Bonchev–Trinajstić information content (AvgIpc) is 2.71. The summed E-state index contributed by atoms with van der Waals surface area (Å²) in [6.07, 6.45) is 8.96. The lowest BCUT2D eigenvalue weighted by Gasteiger charge is -2.12. The van der Waals surface area contributed by atoms with Crippen molar-refractivity contribution >= 4 is 17.7 Å². The van der Waals surface area contributed by atoms with Gasteiger partial charge in [0.25, 0.3) is 11.5 Å². The predicted octanol–water partition coefficient (Wildman–Crippen LogP) is 4.33. The maximum atomic E-state index is 12.8. The number of nitrogens with one attached hydrogen (secondary N) is 1. The Labute approximate surface area is 167 Å². The molecule has 0 atom stereocenters. The van der Waals surface area contributed by atoms with Crippen molar-refractivity contribution in [2.24, 2.45) is 0 Å². The van der Waals surface area contributed by atoms with Gasteiger partial charge in [0, 0.05) is 18.8 Å². The molecule has 0 aliphatic carbocycles. The van der Waals surface area contributed by atoms with Crippen LogP contribution in [0, 0.1) is 0 Å². The molecule has 1 aromatic carbocycles. The summed E-state index contributed by atoms with van der Waals surface area (Å²) in [6, 6.07) is 12.3. The van der Waals surface area contributed by atoms with Gasteiger partial charge < -0.3 is 10.1 Å². The summed E-state index contributed by atoms with van der Waals surface area (Å²) in [6.45, 7) is 5.31. The quantitative estimate of drug-likeness (QED) is 0.465. The van der Waals surface area contributed by atoms with Crippen molar-refractivity contribution in [2.75, 3.05) is 13.2 Å². The summed E-state index contributed by atoms with van der Waals surface area (Å²) in [7, 11) is 0. The third-order valence-corrected chi connectivity index (χ3v) is 4.38. The molecule has 5 nitrogen and oxygen atoms in total. The second-order valence-corrected chi connectivity index (χ2v) is 6.61. The number of carbonyl (C=O) groups is 1. The molecule has 28 heavy (non-hydrogen) atoms. The number of carbonyl (C=O) groups excluding carboxylic acids is 1. The van der Waals surface area contributed by atoms with E-state index in [1.54, 1.807) is 24.4 Å². The van der Waals surface area contributed by atoms with E-state index in [4.69, 9.17) is 4.74 Å². The topological polar surface area (TPSA) is 60.3 Å². The van der Waals surface area contributed by atoms with Gasteiger partial charge in [0.2, 0.25) is 0 Å². The van der Waals surface area contributed by atoms with Crippen LogP contribution in [0.4, 0.5) is 0 Å². The maximum absolute atomic E-state index is 12.8. The van der Waals surface area contributed by atoms with Crippen LogP contribution in [0.5, 0.6) is 5.75 Å². The summed E-state index contributed by atoms with van der Waals surface area (Å²) < 4.78 is 6.83. The van der Waals surface area contributed by atoms with Crippen molar-refractivity contribution in [2.45, 2.75) is 46.0 Å². The fraction of sp³-hybridized carbons (Fsp3) is 0.391. The molecule has 1 aromatic heterocycles. The molecule has 1 amide bonds. The van der Waals surface area contributed by atoms with Crippen molar-refractivity contribution in [1.82, 2.24) is 9.88 Å². The first kappa shape index (κ1) is 21.5. The highest BCUT2D eigenvalue weighted by atomic mass is 16.5. The van der Waals surface area contributed by atoms with Gasteiger partial charge in [-0.1, -0.05) is 50.8 Å². The van der Waals surface area contributed by atoms with Crippen molar-refractivity contribution in [3.05, 3.63) is 64.6 Å². The first-order valence-corrected chi connectivity index (χ1v) is 10.1. The largest absolute Gasteiger partial charge is 0.494 e. The van der Waals surface area contributed by atoms with E-state index in [1.807, 2.05) is 31.2 Å². The lowest BCUT2D eigenvalue weighted by Crippen LogP contribution is -2.31. The van der Waals surface area contributed by atoms with E-state index in [2.05, 4.69) is 12.2 Å². The van der Waals surface area contributed by atoms with E-state index in [1.165, 1.54) is 29.9 Å². The SMILES string of the molecule is CCCCCCCNC(=O)C(=Cc1ccc(OCC)cc1)n1ccccc1=O. The Hall–Kier alpha value is -2.82. The molecule has 0 saturated carbocycles. The lowest BCUT2D eigenvalue weighted by molar-refractivity contribution is -0.115. The Morgan fingerprint density at radius 2 is 1.79 bits per heavy atom. The Balaban J connectivity index is 2.17. The Morgan fingerprint density at radius 1 is 1.04 bits per heavy atom. The number of hydrogen-bond donors (Lipinski definition) is 1. The second kappa shape index (κ2) is 11.8. The number of pyridine rings is 1. The number of hydrogen-bond acceptors (Lipinski definition) is 3. The molecular weight excluding hydrogens is 352 g/mol. The van der Waals surface area contributed by atoms with Gasteiger partial charge in [0.05, 0.1) is 6.61 Å². The second-order valence-electron chi connectivity index (χ2n) is 6.61. The smallest absolute Gasteiger partial charge is 0.268 e. The van der Waals surface area contributed by atoms with Gasteiger partial charge in [0.15, 0.2) is 0 Å². The molecule has 0 aliphatic heterocycles. The molecular formula is C23H30N2O3. The number of ether oxygens (including phenoxy) is 1. The molecule has 0 unspecified atom stereocenters. The van der Waals surface area contributed by atoms with Crippen LogP contribution in [0.1, 0.15) is 51.5 Å². The van der Waals surface area contributed by atoms with E-state index in [0.717, 1.165) is 24.2 Å². The third-order valence-electron chi connectivity index (χ3n) is 4.38. The van der Waals surface area contributed by atoms with Crippen LogP contribution < -0.4 is 15.6 Å². The lowest BCUT2D eigenvalue weighted by atomic mass is 10.1. The first-order valence-electron chi connectivity index (χ1n) is 10.1. The highest BCUT2D eigenvalue weighted by molar-refractivity contribution is 6.18. The summed E-state index contributed by atoms with van der Waals surface area (Å²) in [4.78, 5) is 25.1. The molecule has 0 saturated heterocycles. The molecule has 2 rings (SSSR count). The van der Waals surface area contributed by atoms with Crippen LogP contribution in [0.2, 0.25) is 0 Å². The summed E-state index contributed by atoms with van der Waals surface area (Å²) >= 11 is 0. The number of amides is 1. The minimum atomic E-state index is -0.252. The minimum Gasteiger partial charge on any atom is -0.494 e. The number of unbranched alkanes of at least 4 members (excludes halogenated alkanes) is 4. The van der Waals surface area contributed by atoms with E-state index in [-0.39, 0.29) is 11.5 Å². The van der Waals surface area contributed by atoms with Gasteiger partial charge in [-0.15, -0.1) is 0 Å². The number of nitrogens with zero attached hydrogens (tertiary/aromatic N) is 1. The monoisotopic (exact) mass is 382 g/mol. The predicted molar refractivity (Wildman–Crippen MR) is 114 cm³/mol. The Kier molecular flexibility index (Phi) is 9.05. The maximum Gasteiger partial charge on any atom is 0.268 e. The highest BCUT2D eigenvalue weighted by Gasteiger charge is 2.12. The van der Waals surface area contributed by atoms with Crippen LogP contribution in [0.3, 0.4) is 0 Å². The average molecular weight is 383 g/mol. The Morgan fingerprint density at radius 3 is 2.46 bits per heavy atom. The van der Waals surface area contributed by atoms with Crippen molar-refractivity contribution in [1.29, 1.82) is 0 Å². The van der Waals surface area contributed by atoms with Crippen LogP contribution in [-0.2, 0) is 4.79 Å². The van der Waals surface area contributed by atoms with Crippen LogP contribution >= 0.6 is 0 Å². The van der Waals surface area contributed by atoms with Gasteiger partial charge in [-0.3, -0.25) is 14.2 Å². The summed E-state index contributed by atoms with van der Waals surface area (Å²) in [5, 5.41) is 2.95. The molecule has 2 aromatic rings. The normalized spacial score (nSPS) is 11.3. The number of benzene rings is 1. The summed E-state index contributed by atoms with van der Waals surface area (Å²) in [5.74, 6) is 0.521. The summed E-state index contributed by atoms with van der Waals surface area (Å²) in [5.41, 5.74) is 0.897. The van der Waals surface area contributed by atoms with Gasteiger partial charge in [-0.2, -0.15) is 0 Å². The fourth-order valence-corrected chi connectivity index (χ4v) is 2.88. The van der Waals surface area contributed by atoms with E-state index in [9.17, 15) is 9.59 Å². The van der Waals surface area contributed by atoms with Gasteiger partial charge in [-0.25, -0.2) is 0 Å². The van der Waals surface area contributed by atoms with Crippen LogP contribution in [0.15, 0.2) is 53.5 Å². The standard InChI is InChI=1S/C23H30N2O3/c1-3-5-6-7-9-16-24-23(27)21(25-17-10-8-11-22(25)26)18-19-12-14-20(15-13-19)28-4-2/h8,10-15,17-18H,3-7,9,16H2,1-2H3,(H,24,27). The molecule has 0 bridgehead atoms. The van der Waals surface area contributed by atoms with Crippen molar-refractivity contribution < 1.29 is 9.53 Å². The highest BCUT2D eigenvalue weighted by Crippen LogP contribution is 2.16. The first-order chi connectivity index (χ1) is 13.7. The zero-order valence-electron chi connectivity index (χ0n) is 16.8. The third kappa shape index (κ3) is 6.72. The van der Waals surface area contributed by atoms with E-state index >= 15 is 0 Å². The molecule has 0 aliphatic rings. The van der Waals surface area contributed by atoms with Crippen LogP contribution in [0.25, 0.3) is 11.8 Å². The molecule has 0 radical (unpaired) electrons. The van der Waals surface area contributed by atoms with Gasteiger partial charge >= 0.3 is 0 Å². The van der Waals surface area contributed by atoms with Crippen LogP contribution in [-0.4, -0.2) is 23.6 Å². The zero-order valence-corrected chi connectivity index (χ0v) is 16.8. The minimum absolute atomic E-state index is 0.238. The number of aromatic nitrogens is 1.